The number of carbonyl (C=O) groups excluding carboxylic acids is 2. The molecule has 3 rings (SSSR count). The monoisotopic (exact) mass is 278 g/mol. The second kappa shape index (κ2) is 4.31. The molecule has 0 radical (unpaired) electrons. The van der Waals surface area contributed by atoms with Crippen molar-refractivity contribution < 1.29 is 9.59 Å². The van der Waals surface area contributed by atoms with Gasteiger partial charge in [-0.2, -0.15) is 0 Å². The van der Waals surface area contributed by atoms with Gasteiger partial charge in [-0.3, -0.25) is 19.1 Å². The number of likely N-dealkylation sites (tertiary alicyclic amines) is 1. The van der Waals surface area contributed by atoms with Gasteiger partial charge in [-0.05, 0) is 12.1 Å². The number of nitrogens with zero attached hydrogens (tertiary/aromatic N) is 4. The Morgan fingerprint density at radius 1 is 1.47 bits per heavy atom. The van der Waals surface area contributed by atoms with Crippen molar-refractivity contribution in [2.75, 3.05) is 7.05 Å². The molecule has 19 heavy (non-hydrogen) atoms. The molecule has 2 aromatic heterocycles. The van der Waals surface area contributed by atoms with E-state index in [9.17, 15) is 9.59 Å². The summed E-state index contributed by atoms with van der Waals surface area (Å²) in [6.45, 7) is 0. The summed E-state index contributed by atoms with van der Waals surface area (Å²) >= 11 is 5.88. The topological polar surface area (TPSA) is 68.1 Å². The minimum Gasteiger partial charge on any atom is -0.298 e. The van der Waals surface area contributed by atoms with Crippen molar-refractivity contribution in [3.8, 4) is 0 Å². The highest BCUT2D eigenvalue weighted by atomic mass is 35.5. The second-order valence-corrected chi connectivity index (χ2v) is 4.66. The Kier molecular flexibility index (Phi) is 2.74. The van der Waals surface area contributed by atoms with Gasteiger partial charge in [0, 0.05) is 13.2 Å². The van der Waals surface area contributed by atoms with Crippen LogP contribution >= 0.6 is 11.6 Å². The van der Waals surface area contributed by atoms with E-state index in [1.54, 1.807) is 22.9 Å². The van der Waals surface area contributed by atoms with Gasteiger partial charge < -0.3 is 0 Å². The normalized spacial score (nSPS) is 19.7. The number of alkyl halides is 1. The zero-order valence-electron chi connectivity index (χ0n) is 10.2. The summed E-state index contributed by atoms with van der Waals surface area (Å²) in [6, 6.07) is 2.98. The highest BCUT2D eigenvalue weighted by molar-refractivity contribution is 6.17. The van der Waals surface area contributed by atoms with Crippen molar-refractivity contribution in [2.45, 2.75) is 18.3 Å². The van der Waals surface area contributed by atoms with Crippen molar-refractivity contribution in [1.29, 1.82) is 0 Å². The number of imide groups is 1. The molecule has 98 valence electrons. The third kappa shape index (κ3) is 1.71. The van der Waals surface area contributed by atoms with Gasteiger partial charge in [0.25, 0.3) is 5.91 Å². The van der Waals surface area contributed by atoms with E-state index in [0.29, 0.717) is 17.0 Å². The summed E-state index contributed by atoms with van der Waals surface area (Å²) in [7, 11) is 1.48. The number of carbonyl (C=O) groups is 2. The number of aromatic nitrogens is 3. The Hall–Kier alpha value is -1.95. The van der Waals surface area contributed by atoms with Gasteiger partial charge in [0.2, 0.25) is 5.91 Å². The lowest BCUT2D eigenvalue weighted by Crippen LogP contribution is -2.27. The third-order valence-corrected chi connectivity index (χ3v) is 3.55. The average Bonchev–Trinajstić information content (AvgIpc) is 2.91. The first-order chi connectivity index (χ1) is 9.13. The van der Waals surface area contributed by atoms with E-state index in [-0.39, 0.29) is 24.1 Å². The molecule has 6 nitrogen and oxygen atoms in total. The van der Waals surface area contributed by atoms with Crippen LogP contribution in [-0.2, 0) is 15.5 Å². The molecule has 0 aromatic carbocycles. The lowest BCUT2D eigenvalue weighted by molar-refractivity contribution is -0.137. The number of hydrogen-bond acceptors (Lipinski definition) is 4. The van der Waals surface area contributed by atoms with E-state index in [2.05, 4.69) is 9.97 Å². The van der Waals surface area contributed by atoms with Crippen molar-refractivity contribution in [3.05, 3.63) is 24.2 Å². The molecule has 1 unspecified atom stereocenters. The van der Waals surface area contributed by atoms with Crippen LogP contribution in [0.1, 0.15) is 18.3 Å². The quantitative estimate of drug-likeness (QED) is 0.609. The molecule has 2 amide bonds. The number of imidazole rings is 1. The van der Waals surface area contributed by atoms with Crippen LogP contribution < -0.4 is 0 Å². The average molecular weight is 279 g/mol. The zero-order valence-corrected chi connectivity index (χ0v) is 11.0. The van der Waals surface area contributed by atoms with Gasteiger partial charge in [-0.1, -0.05) is 0 Å². The molecular formula is C12H11ClN4O2. The van der Waals surface area contributed by atoms with Crippen LogP contribution in [0.15, 0.2) is 18.3 Å². The maximum absolute atomic E-state index is 12.1. The Morgan fingerprint density at radius 2 is 2.26 bits per heavy atom. The van der Waals surface area contributed by atoms with E-state index in [4.69, 9.17) is 11.6 Å². The Morgan fingerprint density at radius 3 is 2.89 bits per heavy atom. The maximum atomic E-state index is 12.1. The number of fused-ring (bicyclic) bond motifs is 1. The van der Waals surface area contributed by atoms with Gasteiger partial charge in [-0.25, -0.2) is 9.97 Å². The largest absolute Gasteiger partial charge is 0.298 e. The van der Waals surface area contributed by atoms with E-state index >= 15 is 0 Å². The van der Waals surface area contributed by atoms with E-state index in [1.165, 1.54) is 7.05 Å². The lowest BCUT2D eigenvalue weighted by Gasteiger charge is -2.13. The fraction of sp³-hybridized carbons (Fsp3) is 0.333. The van der Waals surface area contributed by atoms with Gasteiger partial charge >= 0.3 is 0 Å². The number of rotatable bonds is 2. The van der Waals surface area contributed by atoms with Crippen molar-refractivity contribution >= 4 is 34.6 Å². The summed E-state index contributed by atoms with van der Waals surface area (Å²) in [5, 5.41) is 0. The minimum atomic E-state index is -0.592. The van der Waals surface area contributed by atoms with Crippen LogP contribution in [0.2, 0.25) is 0 Å². The highest BCUT2D eigenvalue weighted by Crippen LogP contribution is 2.28. The maximum Gasteiger partial charge on any atom is 0.252 e. The first-order valence-electron chi connectivity index (χ1n) is 5.81. The first kappa shape index (κ1) is 12.1. The third-order valence-electron chi connectivity index (χ3n) is 3.31. The Balaban J connectivity index is 2.19. The predicted molar refractivity (Wildman–Crippen MR) is 68.5 cm³/mol. The minimum absolute atomic E-state index is 0.126. The Bertz CT molecular complexity index is 681. The molecule has 2 aromatic rings. The molecule has 0 aliphatic carbocycles. The van der Waals surface area contributed by atoms with Crippen LogP contribution in [0.3, 0.4) is 0 Å². The summed E-state index contributed by atoms with van der Waals surface area (Å²) in [4.78, 5) is 33.5. The van der Waals surface area contributed by atoms with E-state index < -0.39 is 6.04 Å². The van der Waals surface area contributed by atoms with Gasteiger partial charge in [-0.15, -0.1) is 11.6 Å². The fourth-order valence-electron chi connectivity index (χ4n) is 2.34. The summed E-state index contributed by atoms with van der Waals surface area (Å²) in [5.74, 6) is 0.268. The van der Waals surface area contributed by atoms with E-state index in [1.807, 2.05) is 0 Å². The van der Waals surface area contributed by atoms with Crippen molar-refractivity contribution in [3.63, 3.8) is 0 Å². The molecule has 1 fully saturated rings. The number of amides is 2. The van der Waals surface area contributed by atoms with Crippen LogP contribution in [0.25, 0.3) is 11.2 Å². The highest BCUT2D eigenvalue weighted by Gasteiger charge is 2.39. The number of pyridine rings is 1. The molecule has 3 heterocycles. The first-order valence-corrected chi connectivity index (χ1v) is 6.35. The van der Waals surface area contributed by atoms with Gasteiger partial charge in [0.1, 0.15) is 17.4 Å². The predicted octanol–water partition coefficient (Wildman–Crippen LogP) is 1.10. The zero-order chi connectivity index (χ0) is 13.6. The summed E-state index contributed by atoms with van der Waals surface area (Å²) < 4.78 is 1.67. The van der Waals surface area contributed by atoms with Crippen LogP contribution in [0.4, 0.5) is 0 Å². The number of halogens is 1. The van der Waals surface area contributed by atoms with Gasteiger partial charge in [0.15, 0.2) is 5.65 Å². The standard InChI is InChI=1S/C12H11ClN4O2/c1-16-10(18)5-8(12(16)19)17-9(6-13)15-7-3-2-4-14-11(7)17/h2-4,8H,5-6H2,1H3. The number of hydrogen-bond donors (Lipinski definition) is 0. The molecule has 0 N–H and O–H groups in total. The second-order valence-electron chi connectivity index (χ2n) is 4.39. The van der Waals surface area contributed by atoms with Crippen LogP contribution in [0.5, 0.6) is 0 Å². The van der Waals surface area contributed by atoms with Crippen LogP contribution in [0, 0.1) is 0 Å². The summed E-state index contributed by atoms with van der Waals surface area (Å²) in [5.41, 5.74) is 1.26. The molecule has 0 bridgehead atoms. The smallest absolute Gasteiger partial charge is 0.252 e. The summed E-state index contributed by atoms with van der Waals surface area (Å²) in [6.07, 6.45) is 1.75. The Labute approximate surface area is 114 Å². The molecule has 0 spiro atoms. The molecular weight excluding hydrogens is 268 g/mol. The fourth-order valence-corrected chi connectivity index (χ4v) is 2.52. The van der Waals surface area contributed by atoms with Crippen molar-refractivity contribution in [2.24, 2.45) is 0 Å². The lowest BCUT2D eigenvalue weighted by atomic mass is 10.2. The molecule has 1 aliphatic heterocycles. The van der Waals surface area contributed by atoms with Gasteiger partial charge in [0.05, 0.1) is 12.3 Å². The van der Waals surface area contributed by atoms with Crippen molar-refractivity contribution in [1.82, 2.24) is 19.4 Å². The number of likely N-dealkylation sites (N-methyl/N-ethyl adjacent to an activating group) is 1. The molecule has 1 atom stereocenters. The SMILES string of the molecule is CN1C(=O)CC(n2c(CCl)nc3cccnc32)C1=O. The van der Waals surface area contributed by atoms with Crippen LogP contribution in [-0.4, -0.2) is 38.3 Å². The molecule has 1 aliphatic rings. The molecule has 7 heteroatoms. The molecule has 0 saturated carbocycles. The molecule has 1 saturated heterocycles. The van der Waals surface area contributed by atoms with E-state index in [0.717, 1.165) is 4.90 Å².